The van der Waals surface area contributed by atoms with E-state index in [2.05, 4.69) is 26.1 Å². The van der Waals surface area contributed by atoms with Crippen molar-refractivity contribution in [1.29, 1.82) is 0 Å². The van der Waals surface area contributed by atoms with Gasteiger partial charge in [0, 0.05) is 6.42 Å². The van der Waals surface area contributed by atoms with E-state index in [1.165, 1.54) is 96.3 Å². The number of amides is 1. The molecule has 10 heteroatoms. The lowest BCUT2D eigenvalue weighted by Gasteiger charge is -2.40. The highest BCUT2D eigenvalue weighted by atomic mass is 16.7. The van der Waals surface area contributed by atoms with Crippen LogP contribution in [-0.4, -0.2) is 98.7 Å². The summed E-state index contributed by atoms with van der Waals surface area (Å²) in [4.78, 5) is 12.9. The third-order valence-corrected chi connectivity index (χ3v) is 10.6. The van der Waals surface area contributed by atoms with E-state index in [9.17, 15) is 35.4 Å². The van der Waals surface area contributed by atoms with Crippen LogP contribution in [0, 0.1) is 5.92 Å². The molecule has 0 aromatic rings. The lowest BCUT2D eigenvalue weighted by atomic mass is 9.98. The first-order valence-electron chi connectivity index (χ1n) is 20.7. The highest BCUT2D eigenvalue weighted by molar-refractivity contribution is 5.76. The van der Waals surface area contributed by atoms with Gasteiger partial charge in [-0.15, -0.1) is 0 Å². The summed E-state index contributed by atoms with van der Waals surface area (Å²) in [6.45, 7) is 5.91. The smallest absolute Gasteiger partial charge is 0.220 e. The van der Waals surface area contributed by atoms with Crippen molar-refractivity contribution in [2.24, 2.45) is 5.92 Å². The van der Waals surface area contributed by atoms with Gasteiger partial charge in [0.1, 0.15) is 30.5 Å². The highest BCUT2D eigenvalue weighted by Crippen LogP contribution is 2.23. The van der Waals surface area contributed by atoms with Gasteiger partial charge in [-0.25, -0.2) is 0 Å². The minimum atomic E-state index is -1.60. The number of unbranched alkanes of at least 4 members (excludes halogenated alkanes) is 19. The highest BCUT2D eigenvalue weighted by Gasteiger charge is 2.44. The second-order valence-electron chi connectivity index (χ2n) is 15.2. The fourth-order valence-electron chi connectivity index (χ4n) is 6.76. The minimum absolute atomic E-state index is 0.258. The Hall–Kier alpha value is -0.850. The molecule has 298 valence electrons. The Kier molecular flexibility index (Phi) is 28.9. The van der Waals surface area contributed by atoms with Crippen molar-refractivity contribution in [3.05, 3.63) is 0 Å². The molecule has 1 unspecified atom stereocenters. The van der Waals surface area contributed by atoms with Gasteiger partial charge in [0.25, 0.3) is 0 Å². The Morgan fingerprint density at radius 2 is 1.16 bits per heavy atom. The quantitative estimate of drug-likeness (QED) is 0.0378. The molecule has 0 radical (unpaired) electrons. The van der Waals surface area contributed by atoms with Crippen molar-refractivity contribution in [2.45, 2.75) is 230 Å². The number of nitrogens with one attached hydrogen (secondary N) is 1. The van der Waals surface area contributed by atoms with Crippen molar-refractivity contribution < 1.29 is 44.9 Å². The fourth-order valence-corrected chi connectivity index (χ4v) is 6.76. The number of hydrogen-bond acceptors (Lipinski definition) is 9. The fraction of sp³-hybridized carbons (Fsp3) is 0.975. The number of aliphatic hydroxyl groups excluding tert-OH is 6. The van der Waals surface area contributed by atoms with Crippen molar-refractivity contribution >= 4 is 5.91 Å². The topological polar surface area (TPSA) is 169 Å². The first-order valence-corrected chi connectivity index (χ1v) is 20.7. The molecule has 7 N–H and O–H groups in total. The molecule has 10 nitrogen and oxygen atoms in total. The summed E-state index contributed by atoms with van der Waals surface area (Å²) in [6, 6.07) is -0.984. The zero-order chi connectivity index (χ0) is 37.0. The lowest BCUT2D eigenvalue weighted by molar-refractivity contribution is -0.303. The average Bonchev–Trinajstić information content (AvgIpc) is 3.11. The first kappa shape index (κ1) is 47.2. The van der Waals surface area contributed by atoms with Gasteiger partial charge < -0.3 is 45.4 Å². The van der Waals surface area contributed by atoms with Crippen molar-refractivity contribution in [2.75, 3.05) is 13.2 Å². The van der Waals surface area contributed by atoms with Gasteiger partial charge in [0.05, 0.1) is 25.4 Å². The van der Waals surface area contributed by atoms with Crippen LogP contribution in [0.1, 0.15) is 181 Å². The molecule has 1 rings (SSSR count). The van der Waals surface area contributed by atoms with Gasteiger partial charge >= 0.3 is 0 Å². The van der Waals surface area contributed by atoms with E-state index in [1.807, 2.05) is 0 Å². The van der Waals surface area contributed by atoms with Crippen molar-refractivity contribution in [1.82, 2.24) is 5.32 Å². The second kappa shape index (κ2) is 30.6. The SMILES string of the molecule is CCCCCCCCCCCCCCCC(=O)N[C@@H](CO[C@@H]1O[C@H](CO)[C@H](O)[C@H](O)[C@H]1O)[C@H](O)[C@H](O)CCCCCCCCCCC(C)CC. The van der Waals surface area contributed by atoms with E-state index < -0.39 is 55.6 Å². The number of carbonyl (C=O) groups excluding carboxylic acids is 1. The molecule has 0 bridgehead atoms. The maximum absolute atomic E-state index is 12.9. The molecule has 0 spiro atoms. The van der Waals surface area contributed by atoms with Crippen LogP contribution in [0.5, 0.6) is 0 Å². The molecule has 0 aromatic carbocycles. The number of hydrogen-bond donors (Lipinski definition) is 7. The predicted molar refractivity (Wildman–Crippen MR) is 200 cm³/mol. The molecular formula is C40H79NO9. The van der Waals surface area contributed by atoms with Crippen LogP contribution >= 0.6 is 0 Å². The Balaban J connectivity index is 2.47. The van der Waals surface area contributed by atoms with Crippen LogP contribution in [0.3, 0.4) is 0 Å². The number of aliphatic hydroxyl groups is 6. The summed E-state index contributed by atoms with van der Waals surface area (Å²) in [5, 5.41) is 64.9. The third kappa shape index (κ3) is 21.6. The molecule has 1 fully saturated rings. The lowest BCUT2D eigenvalue weighted by Crippen LogP contribution is -2.60. The number of ether oxygens (including phenoxy) is 2. The summed E-state index contributed by atoms with van der Waals surface area (Å²) < 4.78 is 11.1. The zero-order valence-corrected chi connectivity index (χ0v) is 32.2. The summed E-state index contributed by atoms with van der Waals surface area (Å²) in [6.07, 6.45) is 18.3. The monoisotopic (exact) mass is 718 g/mol. The van der Waals surface area contributed by atoms with Gasteiger partial charge in [-0.1, -0.05) is 162 Å². The third-order valence-electron chi connectivity index (χ3n) is 10.6. The molecule has 1 aliphatic heterocycles. The van der Waals surface area contributed by atoms with Crippen LogP contribution < -0.4 is 5.32 Å². The van der Waals surface area contributed by atoms with Gasteiger partial charge in [-0.2, -0.15) is 0 Å². The van der Waals surface area contributed by atoms with Crippen LogP contribution in [0.4, 0.5) is 0 Å². The van der Waals surface area contributed by atoms with Crippen molar-refractivity contribution in [3.63, 3.8) is 0 Å². The zero-order valence-electron chi connectivity index (χ0n) is 32.2. The summed E-state index contributed by atoms with van der Waals surface area (Å²) in [5.74, 6) is 0.555. The molecule has 1 saturated heterocycles. The summed E-state index contributed by atoms with van der Waals surface area (Å²) in [7, 11) is 0. The van der Waals surface area contributed by atoms with E-state index >= 15 is 0 Å². The van der Waals surface area contributed by atoms with E-state index in [0.29, 0.717) is 6.42 Å². The molecular weight excluding hydrogens is 638 g/mol. The molecule has 0 saturated carbocycles. The van der Waals surface area contributed by atoms with Crippen molar-refractivity contribution in [3.8, 4) is 0 Å². The van der Waals surface area contributed by atoms with Gasteiger partial charge in [-0.3, -0.25) is 4.79 Å². The van der Waals surface area contributed by atoms with Gasteiger partial charge in [0.15, 0.2) is 6.29 Å². The first-order chi connectivity index (χ1) is 24.2. The predicted octanol–water partition coefficient (Wildman–Crippen LogP) is 6.44. The molecule has 0 aliphatic carbocycles. The molecule has 0 aromatic heterocycles. The van der Waals surface area contributed by atoms with E-state index in [-0.39, 0.29) is 18.9 Å². The number of carbonyl (C=O) groups is 1. The van der Waals surface area contributed by atoms with Crippen LogP contribution in [0.15, 0.2) is 0 Å². The second-order valence-corrected chi connectivity index (χ2v) is 15.2. The Labute approximate surface area is 305 Å². The summed E-state index contributed by atoms with van der Waals surface area (Å²) >= 11 is 0. The average molecular weight is 718 g/mol. The standard InChI is InChI=1S/C40H79NO9/c1-4-6-7-8-9-10-11-12-13-14-19-22-25-28-35(44)41-32(30-49-40-39(48)38(47)37(46)34(29-42)50-40)36(45)33(43)27-24-21-18-16-15-17-20-23-26-31(3)5-2/h31-34,36-40,42-43,45-48H,4-30H2,1-3H3,(H,41,44)/t31?,32-,33+,34+,36-,37-,38-,39+,40+/m0/s1. The van der Waals surface area contributed by atoms with Crippen LogP contribution in [0.2, 0.25) is 0 Å². The Morgan fingerprint density at radius 1 is 0.680 bits per heavy atom. The van der Waals surface area contributed by atoms with Crippen LogP contribution in [-0.2, 0) is 14.3 Å². The van der Waals surface area contributed by atoms with E-state index in [0.717, 1.165) is 57.3 Å². The molecule has 1 aliphatic rings. The maximum atomic E-state index is 12.9. The van der Waals surface area contributed by atoms with Crippen LogP contribution in [0.25, 0.3) is 0 Å². The molecule has 1 heterocycles. The maximum Gasteiger partial charge on any atom is 0.220 e. The Bertz CT molecular complexity index is 788. The van der Waals surface area contributed by atoms with Gasteiger partial charge in [-0.05, 0) is 18.8 Å². The number of rotatable bonds is 33. The largest absolute Gasteiger partial charge is 0.394 e. The molecule has 50 heavy (non-hydrogen) atoms. The molecule has 1 amide bonds. The molecule has 9 atom stereocenters. The summed E-state index contributed by atoms with van der Waals surface area (Å²) in [5.41, 5.74) is 0. The normalized spacial score (nSPS) is 23.4. The van der Waals surface area contributed by atoms with Gasteiger partial charge in [0.2, 0.25) is 5.91 Å². The Morgan fingerprint density at radius 3 is 1.66 bits per heavy atom. The minimum Gasteiger partial charge on any atom is -0.394 e. The van der Waals surface area contributed by atoms with E-state index in [4.69, 9.17) is 9.47 Å². The van der Waals surface area contributed by atoms with E-state index in [1.54, 1.807) is 0 Å².